The maximum atomic E-state index is 4.14. The molecule has 1 aliphatic carbocycles. The summed E-state index contributed by atoms with van der Waals surface area (Å²) in [6.45, 7) is 16.6. The van der Waals surface area contributed by atoms with E-state index in [1.54, 1.807) is 11.1 Å². The SMILES string of the molecule is C/C=C\C(=C/CC)CCc1ccc(CC)cc1.C=C/C=C(\C=C/C)CCc1ccc(C)cc1.CCC1=CC=C(CCc2cccnc2)CC1. The standard InChI is InChI=1S/C17H24.C16H20.C15H19N/c1-4-7-16(8-5-2)13-14-17-11-9-15(6-3)10-12-17;1-4-6-15(7-5-2)12-13-16-10-8-14(3)9-11-16;1-2-13-5-7-14(8-6-13)9-10-15-4-3-11-16-12-15/h4,7-12H,5-6,13-14H2,1-3H3;4-11H,1,12-13H2,2-3H3;3-5,7,11-12H,2,6,8-10H2,1H3/b7-4-,16-8+;7-5-,15-6+;. The van der Waals surface area contributed by atoms with E-state index >= 15 is 0 Å². The molecule has 0 N–H and O–H groups in total. The van der Waals surface area contributed by atoms with E-state index in [-0.39, 0.29) is 0 Å². The molecule has 0 saturated carbocycles. The number of hydrogen-bond acceptors (Lipinski definition) is 1. The lowest BCUT2D eigenvalue weighted by molar-refractivity contribution is 0.794. The summed E-state index contributed by atoms with van der Waals surface area (Å²) < 4.78 is 0. The Balaban J connectivity index is 0.000000255. The Morgan fingerprint density at radius 2 is 1.27 bits per heavy atom. The van der Waals surface area contributed by atoms with Gasteiger partial charge >= 0.3 is 0 Å². The Morgan fingerprint density at radius 3 is 1.80 bits per heavy atom. The van der Waals surface area contributed by atoms with Crippen LogP contribution in [0.2, 0.25) is 0 Å². The van der Waals surface area contributed by atoms with E-state index in [1.807, 2.05) is 31.5 Å². The van der Waals surface area contributed by atoms with Crippen molar-refractivity contribution in [1.29, 1.82) is 0 Å². The number of rotatable bonds is 15. The summed E-state index contributed by atoms with van der Waals surface area (Å²) in [5.74, 6) is 0. The topological polar surface area (TPSA) is 12.9 Å². The van der Waals surface area contributed by atoms with Crippen molar-refractivity contribution in [2.45, 2.75) is 112 Å². The molecule has 260 valence electrons. The molecule has 0 atom stereocenters. The van der Waals surface area contributed by atoms with Crippen molar-refractivity contribution in [2.75, 3.05) is 0 Å². The summed E-state index contributed by atoms with van der Waals surface area (Å²) in [6.07, 6.45) is 35.9. The van der Waals surface area contributed by atoms with Gasteiger partial charge in [0.15, 0.2) is 0 Å². The fourth-order valence-corrected chi connectivity index (χ4v) is 5.67. The maximum Gasteiger partial charge on any atom is 0.0299 e. The largest absolute Gasteiger partial charge is 0.264 e. The smallest absolute Gasteiger partial charge is 0.0299 e. The van der Waals surface area contributed by atoms with Gasteiger partial charge in [0.2, 0.25) is 0 Å². The number of allylic oxidation sites excluding steroid dienone is 13. The third-order valence-electron chi connectivity index (χ3n) is 8.75. The summed E-state index contributed by atoms with van der Waals surface area (Å²) in [5, 5.41) is 0. The van der Waals surface area contributed by atoms with Gasteiger partial charge in [-0.25, -0.2) is 0 Å². The van der Waals surface area contributed by atoms with Crippen LogP contribution in [0.25, 0.3) is 0 Å². The van der Waals surface area contributed by atoms with Gasteiger partial charge in [-0.2, -0.15) is 0 Å². The van der Waals surface area contributed by atoms with Crippen molar-refractivity contribution in [2.24, 2.45) is 0 Å². The number of hydrogen-bond donors (Lipinski definition) is 0. The molecule has 3 aromatic rings. The molecule has 1 nitrogen and oxygen atoms in total. The van der Waals surface area contributed by atoms with Crippen LogP contribution in [0.15, 0.2) is 157 Å². The van der Waals surface area contributed by atoms with Crippen LogP contribution < -0.4 is 0 Å². The van der Waals surface area contributed by atoms with Gasteiger partial charge in [-0.15, -0.1) is 0 Å². The highest BCUT2D eigenvalue weighted by atomic mass is 14.6. The normalized spacial score (nSPS) is 13.3. The van der Waals surface area contributed by atoms with Gasteiger partial charge in [-0.1, -0.05) is 159 Å². The van der Waals surface area contributed by atoms with Crippen molar-refractivity contribution in [3.05, 3.63) is 184 Å². The second-order valence-corrected chi connectivity index (χ2v) is 12.7. The highest BCUT2D eigenvalue weighted by Gasteiger charge is 2.05. The van der Waals surface area contributed by atoms with Gasteiger partial charge in [0.1, 0.15) is 0 Å². The monoisotopic (exact) mass is 653 g/mol. The first-order valence-corrected chi connectivity index (χ1v) is 18.6. The Bertz CT molecular complexity index is 1510. The first-order chi connectivity index (χ1) is 23.9. The van der Waals surface area contributed by atoms with Crippen LogP contribution in [0.5, 0.6) is 0 Å². The van der Waals surface area contributed by atoms with Crippen LogP contribution in [0, 0.1) is 6.92 Å². The Labute approximate surface area is 300 Å². The van der Waals surface area contributed by atoms with E-state index in [0.717, 1.165) is 44.9 Å². The van der Waals surface area contributed by atoms with Gasteiger partial charge in [0.25, 0.3) is 0 Å². The summed E-state index contributed by atoms with van der Waals surface area (Å²) in [4.78, 5) is 4.14. The molecule has 1 aromatic heterocycles. The summed E-state index contributed by atoms with van der Waals surface area (Å²) in [7, 11) is 0. The lowest BCUT2D eigenvalue weighted by Gasteiger charge is -2.13. The molecule has 2 aromatic carbocycles. The number of aryl methyl sites for hydroxylation is 5. The van der Waals surface area contributed by atoms with Gasteiger partial charge in [-0.3, -0.25) is 4.98 Å². The molecule has 49 heavy (non-hydrogen) atoms. The summed E-state index contributed by atoms with van der Waals surface area (Å²) >= 11 is 0. The highest BCUT2D eigenvalue weighted by molar-refractivity contribution is 5.28. The molecule has 1 heteroatoms. The second-order valence-electron chi connectivity index (χ2n) is 12.7. The van der Waals surface area contributed by atoms with Crippen molar-refractivity contribution < 1.29 is 0 Å². The minimum atomic E-state index is 1.07. The zero-order valence-corrected chi connectivity index (χ0v) is 31.6. The van der Waals surface area contributed by atoms with Crippen LogP contribution in [0.1, 0.15) is 107 Å². The van der Waals surface area contributed by atoms with Crippen LogP contribution in [0.4, 0.5) is 0 Å². The zero-order valence-electron chi connectivity index (χ0n) is 31.6. The first kappa shape index (κ1) is 40.9. The third-order valence-corrected chi connectivity index (χ3v) is 8.75. The molecule has 0 fully saturated rings. The fraction of sp³-hybridized carbons (Fsp3) is 0.354. The van der Waals surface area contributed by atoms with Crippen LogP contribution in [-0.4, -0.2) is 4.98 Å². The molecule has 0 bridgehead atoms. The van der Waals surface area contributed by atoms with Crippen LogP contribution in [-0.2, 0) is 25.7 Å². The summed E-state index contributed by atoms with van der Waals surface area (Å²) in [6, 6.07) is 21.9. The summed E-state index contributed by atoms with van der Waals surface area (Å²) in [5.41, 5.74) is 12.9. The minimum Gasteiger partial charge on any atom is -0.264 e. The van der Waals surface area contributed by atoms with E-state index in [2.05, 4.69) is 149 Å². The average molecular weight is 654 g/mol. The van der Waals surface area contributed by atoms with Gasteiger partial charge in [0, 0.05) is 12.4 Å². The lowest BCUT2D eigenvalue weighted by Crippen LogP contribution is -1.95. The molecule has 4 rings (SSSR count). The van der Waals surface area contributed by atoms with Gasteiger partial charge in [-0.05, 0) is 125 Å². The molecule has 0 radical (unpaired) electrons. The van der Waals surface area contributed by atoms with E-state index in [9.17, 15) is 0 Å². The van der Waals surface area contributed by atoms with E-state index in [4.69, 9.17) is 0 Å². The van der Waals surface area contributed by atoms with E-state index < -0.39 is 0 Å². The minimum absolute atomic E-state index is 1.07. The molecule has 1 heterocycles. The van der Waals surface area contributed by atoms with Crippen molar-refractivity contribution >= 4 is 0 Å². The highest BCUT2D eigenvalue weighted by Crippen LogP contribution is 2.23. The predicted molar refractivity (Wildman–Crippen MR) is 218 cm³/mol. The first-order valence-electron chi connectivity index (χ1n) is 18.6. The number of pyridine rings is 1. The van der Waals surface area contributed by atoms with Gasteiger partial charge in [0.05, 0.1) is 0 Å². The van der Waals surface area contributed by atoms with E-state index in [1.165, 1.54) is 64.6 Å². The third kappa shape index (κ3) is 18.2. The Hall–Kier alpha value is -4.23. The van der Waals surface area contributed by atoms with Crippen LogP contribution >= 0.6 is 0 Å². The molecule has 0 spiro atoms. The number of aromatic nitrogens is 1. The van der Waals surface area contributed by atoms with Gasteiger partial charge < -0.3 is 0 Å². The lowest BCUT2D eigenvalue weighted by atomic mass is 9.93. The van der Waals surface area contributed by atoms with Crippen molar-refractivity contribution in [3.63, 3.8) is 0 Å². The van der Waals surface area contributed by atoms with Crippen molar-refractivity contribution in [1.82, 2.24) is 4.98 Å². The molecule has 0 amide bonds. The number of benzene rings is 2. The number of nitrogens with zero attached hydrogens (tertiary/aromatic N) is 1. The van der Waals surface area contributed by atoms with E-state index in [0.29, 0.717) is 0 Å². The Kier molecular flexibility index (Phi) is 21.5. The fourth-order valence-electron chi connectivity index (χ4n) is 5.67. The molecular formula is C48H63N. The molecule has 1 aliphatic rings. The van der Waals surface area contributed by atoms with Crippen molar-refractivity contribution in [3.8, 4) is 0 Å². The predicted octanol–water partition coefficient (Wildman–Crippen LogP) is 13.8. The maximum absolute atomic E-state index is 4.14. The zero-order chi connectivity index (χ0) is 35.5. The molecule has 0 unspecified atom stereocenters. The van der Waals surface area contributed by atoms with Crippen LogP contribution in [0.3, 0.4) is 0 Å². The molecular weight excluding hydrogens is 591 g/mol. The average Bonchev–Trinajstić information content (AvgIpc) is 3.14. The quantitative estimate of drug-likeness (QED) is 0.149. The molecule has 0 aliphatic heterocycles. The second kappa shape index (κ2) is 25.7. The Morgan fingerprint density at radius 1 is 0.673 bits per heavy atom. The molecule has 0 saturated heterocycles.